The zero-order chi connectivity index (χ0) is 23.5. The number of hydrogen-bond donors (Lipinski definition) is 6. The molecule has 0 bridgehead atoms. The summed E-state index contributed by atoms with van der Waals surface area (Å²) in [4.78, 5) is 23.0. The molecule has 0 radical (unpaired) electrons. The van der Waals surface area contributed by atoms with E-state index in [1.165, 1.54) is 10.8 Å². The van der Waals surface area contributed by atoms with Crippen LogP contribution in [0.4, 0.5) is 11.9 Å². The van der Waals surface area contributed by atoms with Crippen LogP contribution in [-0.2, 0) is 4.74 Å². The van der Waals surface area contributed by atoms with Gasteiger partial charge in [-0.2, -0.15) is 10.1 Å². The number of para-hydroxylation sites is 1. The van der Waals surface area contributed by atoms with Gasteiger partial charge in [-0.1, -0.05) is 19.1 Å². The summed E-state index contributed by atoms with van der Waals surface area (Å²) >= 11 is 0. The third-order valence-electron chi connectivity index (χ3n) is 5.09. The average Bonchev–Trinajstić information content (AvgIpc) is 3.30. The Hall–Kier alpha value is -3.52. The molecule has 3 heterocycles. The predicted molar refractivity (Wildman–Crippen MR) is 119 cm³/mol. The van der Waals surface area contributed by atoms with E-state index in [-0.39, 0.29) is 23.1 Å². The number of aliphatic hydroxyl groups is 3. The van der Waals surface area contributed by atoms with Gasteiger partial charge in [0, 0.05) is 5.56 Å². The molecule has 0 spiro atoms. The van der Waals surface area contributed by atoms with Gasteiger partial charge >= 0.3 is 0 Å². The minimum absolute atomic E-state index is 0.00616. The second-order valence-electron chi connectivity index (χ2n) is 7.41. The number of anilines is 2. The molecular formula is C20H25N7O6. The normalized spacial score (nSPS) is 22.9. The molecular weight excluding hydrogens is 434 g/mol. The van der Waals surface area contributed by atoms with Gasteiger partial charge in [0.2, 0.25) is 11.9 Å². The molecule has 4 atom stereocenters. The van der Waals surface area contributed by atoms with Gasteiger partial charge in [-0.05, 0) is 18.6 Å². The summed E-state index contributed by atoms with van der Waals surface area (Å²) in [6, 6.07) is 7.32. The van der Waals surface area contributed by atoms with Crippen molar-refractivity contribution in [1.29, 1.82) is 0 Å². The lowest BCUT2D eigenvalue weighted by Gasteiger charge is -2.18. The van der Waals surface area contributed by atoms with Crippen LogP contribution in [-0.4, -0.2) is 72.6 Å². The fraction of sp³-hybridized carbons (Fsp3) is 0.400. The summed E-state index contributed by atoms with van der Waals surface area (Å²) in [5.74, 6) is 0.483. The van der Waals surface area contributed by atoms with Crippen LogP contribution in [0.25, 0.3) is 11.2 Å². The largest absolute Gasteiger partial charge is 0.493 e. The first-order valence-electron chi connectivity index (χ1n) is 10.4. The van der Waals surface area contributed by atoms with E-state index in [1.807, 2.05) is 31.2 Å². The van der Waals surface area contributed by atoms with Crippen LogP contribution < -0.4 is 21.5 Å². The Kier molecular flexibility index (Phi) is 6.55. The van der Waals surface area contributed by atoms with Crippen LogP contribution in [0.1, 0.15) is 25.1 Å². The Morgan fingerprint density at radius 1 is 1.33 bits per heavy atom. The number of imidazole rings is 1. The standard InChI is InChI=1S/C20H25N7O6/c1-2-7-32-11-6-4-3-5-10(11)8-22-26-20-23-13-16(24-19(21)25-17(13)31)27(20)18-15(30)14(29)12(9-28)33-18/h3-6,8,12,14-15,18,28-30H,2,7,9H2,1H3,(H,23,26)(H3,21,24,25,31)/b22-8-/t12-,14+,15-,18+/m0/s1. The van der Waals surface area contributed by atoms with Crippen molar-refractivity contribution in [1.82, 2.24) is 19.5 Å². The van der Waals surface area contributed by atoms with Crippen molar-refractivity contribution in [2.24, 2.45) is 5.10 Å². The number of H-pyrrole nitrogens is 1. The first-order valence-corrected chi connectivity index (χ1v) is 10.4. The maximum Gasteiger partial charge on any atom is 0.280 e. The summed E-state index contributed by atoms with van der Waals surface area (Å²) in [5.41, 5.74) is 8.44. The molecule has 1 aromatic carbocycles. The maximum absolute atomic E-state index is 12.4. The number of aromatic nitrogens is 4. The van der Waals surface area contributed by atoms with Crippen LogP contribution >= 0.6 is 0 Å². The van der Waals surface area contributed by atoms with Gasteiger partial charge in [0.1, 0.15) is 24.1 Å². The fourth-order valence-electron chi connectivity index (χ4n) is 3.50. The van der Waals surface area contributed by atoms with Crippen molar-refractivity contribution < 1.29 is 24.8 Å². The van der Waals surface area contributed by atoms with Crippen LogP contribution in [0.15, 0.2) is 34.2 Å². The Labute approximate surface area is 187 Å². The molecule has 2 aromatic heterocycles. The SMILES string of the molecule is CCCOc1ccccc1/C=N\Nc1nc2c(=O)[nH]c(N)nc2n1[C@@H]1O[C@@H](CO)[C@@H](O)[C@@H]1O. The molecule has 13 heteroatoms. The molecule has 33 heavy (non-hydrogen) atoms. The molecule has 13 nitrogen and oxygen atoms in total. The Bertz CT molecular complexity index is 1210. The summed E-state index contributed by atoms with van der Waals surface area (Å²) in [6.45, 7) is 2.03. The number of fused-ring (bicyclic) bond motifs is 1. The number of aliphatic hydroxyl groups excluding tert-OH is 3. The van der Waals surface area contributed by atoms with E-state index in [2.05, 4.69) is 25.5 Å². The van der Waals surface area contributed by atoms with Gasteiger partial charge in [0.25, 0.3) is 5.56 Å². The molecule has 1 saturated heterocycles. The second kappa shape index (κ2) is 9.54. The van der Waals surface area contributed by atoms with E-state index in [1.54, 1.807) is 0 Å². The van der Waals surface area contributed by atoms with Gasteiger partial charge in [0.15, 0.2) is 17.4 Å². The van der Waals surface area contributed by atoms with E-state index in [0.29, 0.717) is 17.9 Å². The number of nitrogens with two attached hydrogens (primary N) is 1. The van der Waals surface area contributed by atoms with Crippen molar-refractivity contribution in [2.75, 3.05) is 24.4 Å². The maximum atomic E-state index is 12.4. The molecule has 0 unspecified atom stereocenters. The molecule has 0 saturated carbocycles. The quantitative estimate of drug-likeness (QED) is 0.190. The second-order valence-corrected chi connectivity index (χ2v) is 7.41. The van der Waals surface area contributed by atoms with E-state index in [9.17, 15) is 20.1 Å². The summed E-state index contributed by atoms with van der Waals surface area (Å²) in [7, 11) is 0. The van der Waals surface area contributed by atoms with Crippen molar-refractivity contribution >= 4 is 29.3 Å². The summed E-state index contributed by atoms with van der Waals surface area (Å²) in [5, 5.41) is 34.3. The highest BCUT2D eigenvalue weighted by atomic mass is 16.6. The highest BCUT2D eigenvalue weighted by molar-refractivity contribution is 5.84. The van der Waals surface area contributed by atoms with Crippen LogP contribution in [0.3, 0.4) is 0 Å². The van der Waals surface area contributed by atoms with Gasteiger partial charge in [-0.25, -0.2) is 10.4 Å². The van der Waals surface area contributed by atoms with Gasteiger partial charge in [0.05, 0.1) is 19.4 Å². The molecule has 0 aliphatic carbocycles. The number of hydrazone groups is 1. The molecule has 1 aliphatic rings. The third kappa shape index (κ3) is 4.39. The van der Waals surface area contributed by atoms with Crippen LogP contribution in [0.5, 0.6) is 5.75 Å². The Morgan fingerprint density at radius 3 is 2.85 bits per heavy atom. The lowest BCUT2D eigenvalue weighted by atomic mass is 10.1. The first-order chi connectivity index (χ1) is 15.9. The number of nitrogens with zero attached hydrogens (tertiary/aromatic N) is 4. The fourth-order valence-corrected chi connectivity index (χ4v) is 3.50. The highest BCUT2D eigenvalue weighted by Crippen LogP contribution is 2.34. The van der Waals surface area contributed by atoms with Gasteiger partial charge < -0.3 is 30.5 Å². The van der Waals surface area contributed by atoms with Crippen molar-refractivity contribution in [3.05, 3.63) is 40.2 Å². The number of rotatable bonds is 8. The molecule has 7 N–H and O–H groups in total. The lowest BCUT2D eigenvalue weighted by molar-refractivity contribution is -0.0501. The minimum Gasteiger partial charge on any atom is -0.493 e. The smallest absolute Gasteiger partial charge is 0.280 e. The third-order valence-corrected chi connectivity index (χ3v) is 5.09. The van der Waals surface area contributed by atoms with E-state index >= 15 is 0 Å². The lowest BCUT2D eigenvalue weighted by Crippen LogP contribution is -2.33. The molecule has 176 valence electrons. The topological polar surface area (TPSA) is 193 Å². The minimum atomic E-state index is -1.44. The summed E-state index contributed by atoms with van der Waals surface area (Å²) < 4.78 is 12.6. The van der Waals surface area contributed by atoms with E-state index < -0.39 is 36.7 Å². The number of nitrogen functional groups attached to an aromatic ring is 1. The monoisotopic (exact) mass is 459 g/mol. The van der Waals surface area contributed by atoms with Crippen LogP contribution in [0.2, 0.25) is 0 Å². The zero-order valence-corrected chi connectivity index (χ0v) is 17.8. The van der Waals surface area contributed by atoms with Crippen molar-refractivity contribution in [3.8, 4) is 5.75 Å². The molecule has 1 fully saturated rings. The average molecular weight is 459 g/mol. The zero-order valence-electron chi connectivity index (χ0n) is 17.8. The molecule has 4 rings (SSSR count). The Morgan fingerprint density at radius 2 is 2.12 bits per heavy atom. The number of aromatic amines is 1. The predicted octanol–water partition coefficient (Wildman–Crippen LogP) is -0.452. The molecule has 0 amide bonds. The van der Waals surface area contributed by atoms with Crippen molar-refractivity contribution in [2.45, 2.75) is 37.9 Å². The number of benzene rings is 1. The van der Waals surface area contributed by atoms with Gasteiger partial charge in [-0.3, -0.25) is 14.3 Å². The summed E-state index contributed by atoms with van der Waals surface area (Å²) in [6.07, 6.45) is -2.69. The molecule has 1 aliphatic heterocycles. The highest BCUT2D eigenvalue weighted by Gasteiger charge is 2.45. The molecule has 3 aromatic rings. The van der Waals surface area contributed by atoms with Crippen molar-refractivity contribution in [3.63, 3.8) is 0 Å². The Balaban J connectivity index is 1.71. The first kappa shape index (κ1) is 22.7. The van der Waals surface area contributed by atoms with Crippen LogP contribution in [0, 0.1) is 0 Å². The number of hydrogen-bond acceptors (Lipinski definition) is 11. The number of nitrogens with one attached hydrogen (secondary N) is 2. The van der Waals surface area contributed by atoms with Gasteiger partial charge in [-0.15, -0.1) is 0 Å². The van der Waals surface area contributed by atoms with E-state index in [4.69, 9.17) is 15.2 Å². The number of ether oxygens (including phenoxy) is 2. The van der Waals surface area contributed by atoms with E-state index in [0.717, 1.165) is 6.42 Å².